The quantitative estimate of drug-likeness (QED) is 0.793. The minimum absolute atomic E-state index is 0.0897. The first-order chi connectivity index (χ1) is 6.07. The van der Waals surface area contributed by atoms with Gasteiger partial charge in [0, 0.05) is 11.5 Å². The molecule has 0 aliphatic rings. The number of hydrogen-bond donors (Lipinski definition) is 2. The topological polar surface area (TPSA) is 38.0 Å². The van der Waals surface area contributed by atoms with Crippen molar-refractivity contribution in [1.82, 2.24) is 0 Å². The minimum atomic E-state index is -2.57. The minimum Gasteiger partial charge on any atom is -0.397 e. The smallest absolute Gasteiger partial charge is 0.266 e. The fourth-order valence-electron chi connectivity index (χ4n) is 1.05. The summed E-state index contributed by atoms with van der Waals surface area (Å²) in [5.74, 6) is 0. The van der Waals surface area contributed by atoms with Crippen molar-refractivity contribution in [3.63, 3.8) is 0 Å². The maximum atomic E-state index is 12.5. The van der Waals surface area contributed by atoms with Crippen LogP contribution in [0, 0.1) is 0 Å². The third-order valence-corrected chi connectivity index (χ3v) is 2.41. The lowest BCUT2D eigenvalue weighted by Crippen LogP contribution is -2.01. The van der Waals surface area contributed by atoms with Gasteiger partial charge in [0.2, 0.25) is 0 Å². The van der Waals surface area contributed by atoms with Crippen molar-refractivity contribution in [2.24, 2.45) is 0 Å². The molecule has 0 bridgehead atoms. The molecule has 3 N–H and O–H groups in total. The number of benzene rings is 1. The fourth-order valence-corrected chi connectivity index (χ4v) is 1.57. The number of nitrogens with one attached hydrogen (secondary N) is 1. The Morgan fingerprint density at radius 1 is 1.46 bits per heavy atom. The number of hydrogen-bond acceptors (Lipinski definition) is 2. The molecule has 0 aliphatic carbocycles. The lowest BCUT2D eigenvalue weighted by atomic mass is 10.1. The highest BCUT2D eigenvalue weighted by Crippen LogP contribution is 2.36. The molecule has 1 rings (SSSR count). The van der Waals surface area contributed by atoms with Gasteiger partial charge in [-0.25, -0.2) is 8.78 Å². The van der Waals surface area contributed by atoms with E-state index in [1.807, 2.05) is 0 Å². The van der Waals surface area contributed by atoms with E-state index in [-0.39, 0.29) is 11.3 Å². The molecule has 0 aromatic heterocycles. The molecule has 0 spiro atoms. The summed E-state index contributed by atoms with van der Waals surface area (Å²) in [7, 11) is 1.63. The van der Waals surface area contributed by atoms with Gasteiger partial charge in [-0.3, -0.25) is 0 Å². The Kier molecular flexibility index (Phi) is 3.08. The molecule has 1 aromatic rings. The van der Waals surface area contributed by atoms with Crippen LogP contribution in [0.4, 0.5) is 20.2 Å². The molecule has 0 saturated carbocycles. The first-order valence-electron chi connectivity index (χ1n) is 3.61. The van der Waals surface area contributed by atoms with Crippen LogP contribution in [0.25, 0.3) is 0 Å². The maximum absolute atomic E-state index is 12.5. The standard InChI is InChI=1S/C8H9BrF2N2/c1-13-5-3-2-4(9)6(7(5)12)8(10)11/h2-3,8,13H,12H2,1H3. The second-order valence-electron chi connectivity index (χ2n) is 2.47. The molecule has 0 saturated heterocycles. The molecule has 0 radical (unpaired) electrons. The number of anilines is 2. The second-order valence-corrected chi connectivity index (χ2v) is 3.33. The molecule has 0 fully saturated rings. The maximum Gasteiger partial charge on any atom is 0.266 e. The molecule has 2 nitrogen and oxygen atoms in total. The van der Waals surface area contributed by atoms with Crippen LogP contribution in [0.1, 0.15) is 12.0 Å². The van der Waals surface area contributed by atoms with Crippen molar-refractivity contribution in [3.05, 3.63) is 22.2 Å². The third-order valence-electron chi connectivity index (χ3n) is 1.72. The predicted molar refractivity (Wildman–Crippen MR) is 53.1 cm³/mol. The number of halogens is 3. The number of rotatable bonds is 2. The largest absolute Gasteiger partial charge is 0.397 e. The van der Waals surface area contributed by atoms with Crippen molar-refractivity contribution >= 4 is 27.3 Å². The van der Waals surface area contributed by atoms with Crippen molar-refractivity contribution in [3.8, 4) is 0 Å². The summed E-state index contributed by atoms with van der Waals surface area (Å²) in [6, 6.07) is 3.19. The van der Waals surface area contributed by atoms with Crippen molar-refractivity contribution < 1.29 is 8.78 Å². The lowest BCUT2D eigenvalue weighted by Gasteiger charge is -2.11. The molecular formula is C8H9BrF2N2. The predicted octanol–water partition coefficient (Wildman–Crippen LogP) is 3.01. The van der Waals surface area contributed by atoms with E-state index in [4.69, 9.17) is 5.73 Å². The molecule has 0 heterocycles. The Hall–Kier alpha value is -0.840. The Balaban J connectivity index is 3.30. The van der Waals surface area contributed by atoms with E-state index in [9.17, 15) is 8.78 Å². The van der Waals surface area contributed by atoms with Gasteiger partial charge < -0.3 is 11.1 Å². The van der Waals surface area contributed by atoms with E-state index in [0.717, 1.165) is 0 Å². The Labute approximate surface area is 83.2 Å². The first kappa shape index (κ1) is 10.2. The van der Waals surface area contributed by atoms with E-state index in [1.165, 1.54) is 0 Å². The Morgan fingerprint density at radius 3 is 2.54 bits per heavy atom. The van der Waals surface area contributed by atoms with Crippen LogP contribution in [-0.2, 0) is 0 Å². The van der Waals surface area contributed by atoms with Gasteiger partial charge >= 0.3 is 0 Å². The summed E-state index contributed by atoms with van der Waals surface area (Å²) in [4.78, 5) is 0. The van der Waals surface area contributed by atoms with E-state index < -0.39 is 6.43 Å². The SMILES string of the molecule is CNc1ccc(Br)c(C(F)F)c1N. The van der Waals surface area contributed by atoms with Gasteiger partial charge in [0.1, 0.15) is 0 Å². The van der Waals surface area contributed by atoms with Crippen molar-refractivity contribution in [2.75, 3.05) is 18.1 Å². The monoisotopic (exact) mass is 250 g/mol. The van der Waals surface area contributed by atoms with Crippen LogP contribution < -0.4 is 11.1 Å². The van der Waals surface area contributed by atoms with Crippen LogP contribution in [0.15, 0.2) is 16.6 Å². The highest BCUT2D eigenvalue weighted by molar-refractivity contribution is 9.10. The molecule has 5 heteroatoms. The Bertz CT molecular complexity index is 315. The molecule has 0 aliphatic heterocycles. The van der Waals surface area contributed by atoms with Gasteiger partial charge in [-0.1, -0.05) is 15.9 Å². The van der Waals surface area contributed by atoms with Gasteiger partial charge in [-0.05, 0) is 12.1 Å². The lowest BCUT2D eigenvalue weighted by molar-refractivity contribution is 0.151. The first-order valence-corrected chi connectivity index (χ1v) is 4.41. The van der Waals surface area contributed by atoms with Crippen LogP contribution in [0.2, 0.25) is 0 Å². The van der Waals surface area contributed by atoms with Crippen molar-refractivity contribution in [1.29, 1.82) is 0 Å². The molecular weight excluding hydrogens is 242 g/mol. The molecule has 0 atom stereocenters. The highest BCUT2D eigenvalue weighted by Gasteiger charge is 2.17. The number of alkyl halides is 2. The average molecular weight is 251 g/mol. The number of nitrogens with two attached hydrogens (primary N) is 1. The summed E-state index contributed by atoms with van der Waals surface area (Å²) in [5, 5.41) is 2.74. The van der Waals surface area contributed by atoms with Crippen LogP contribution in [0.3, 0.4) is 0 Å². The molecule has 13 heavy (non-hydrogen) atoms. The molecule has 0 unspecified atom stereocenters. The number of nitrogen functional groups attached to an aromatic ring is 1. The van der Waals surface area contributed by atoms with Gasteiger partial charge in [-0.15, -0.1) is 0 Å². The highest BCUT2D eigenvalue weighted by atomic mass is 79.9. The Morgan fingerprint density at radius 2 is 2.08 bits per heavy atom. The summed E-state index contributed by atoms with van der Waals surface area (Å²) in [5.41, 5.74) is 5.96. The molecule has 72 valence electrons. The fraction of sp³-hybridized carbons (Fsp3) is 0.250. The second kappa shape index (κ2) is 3.91. The zero-order chi connectivity index (χ0) is 10.0. The van der Waals surface area contributed by atoms with Gasteiger partial charge in [0.15, 0.2) is 0 Å². The van der Waals surface area contributed by atoms with Crippen LogP contribution in [0.5, 0.6) is 0 Å². The van der Waals surface area contributed by atoms with Crippen LogP contribution in [-0.4, -0.2) is 7.05 Å². The summed E-state index contributed by atoms with van der Waals surface area (Å²) >= 11 is 3.02. The van der Waals surface area contributed by atoms with E-state index >= 15 is 0 Å². The summed E-state index contributed by atoms with van der Waals surface area (Å²) in [6.45, 7) is 0. The van der Waals surface area contributed by atoms with Gasteiger partial charge in [0.25, 0.3) is 6.43 Å². The zero-order valence-corrected chi connectivity index (χ0v) is 8.53. The van der Waals surface area contributed by atoms with Gasteiger partial charge in [-0.2, -0.15) is 0 Å². The van der Waals surface area contributed by atoms with Crippen molar-refractivity contribution in [2.45, 2.75) is 6.43 Å². The molecule has 0 amide bonds. The average Bonchev–Trinajstić information content (AvgIpc) is 2.04. The van der Waals surface area contributed by atoms with Crippen LogP contribution >= 0.6 is 15.9 Å². The normalized spacial score (nSPS) is 10.5. The zero-order valence-electron chi connectivity index (χ0n) is 6.94. The summed E-state index contributed by atoms with van der Waals surface area (Å²) < 4.78 is 25.3. The van der Waals surface area contributed by atoms with E-state index in [2.05, 4.69) is 21.2 Å². The third kappa shape index (κ3) is 1.91. The van der Waals surface area contributed by atoms with E-state index in [1.54, 1.807) is 19.2 Å². The molecule has 1 aromatic carbocycles. The van der Waals surface area contributed by atoms with Gasteiger partial charge in [0.05, 0.1) is 16.9 Å². The van der Waals surface area contributed by atoms with E-state index in [0.29, 0.717) is 10.2 Å². The summed E-state index contributed by atoms with van der Waals surface area (Å²) in [6.07, 6.45) is -2.57.